The van der Waals surface area contributed by atoms with Gasteiger partial charge in [-0.25, -0.2) is 8.42 Å². The van der Waals surface area contributed by atoms with Gasteiger partial charge in [-0.05, 0) is 19.1 Å². The van der Waals surface area contributed by atoms with Crippen molar-refractivity contribution in [2.45, 2.75) is 11.8 Å². The van der Waals surface area contributed by atoms with Crippen LogP contribution in [0.2, 0.25) is 0 Å². The zero-order valence-corrected chi connectivity index (χ0v) is 11.4. The second-order valence-electron chi connectivity index (χ2n) is 4.13. The number of sulfonamides is 1. The van der Waals surface area contributed by atoms with Crippen LogP contribution in [0.25, 0.3) is 0 Å². The number of fused-ring (bicyclic) bond motifs is 1. The fourth-order valence-corrected chi connectivity index (χ4v) is 2.87. The van der Waals surface area contributed by atoms with Gasteiger partial charge in [-0.2, -0.15) is 0 Å². The van der Waals surface area contributed by atoms with Gasteiger partial charge in [0.1, 0.15) is 19.0 Å². The van der Waals surface area contributed by atoms with Crippen LogP contribution in [0.3, 0.4) is 0 Å². The highest BCUT2D eigenvalue weighted by atomic mass is 32.2. The molecule has 0 amide bonds. The van der Waals surface area contributed by atoms with Gasteiger partial charge in [0, 0.05) is 5.56 Å². The number of ketones is 1. The molecule has 0 saturated heterocycles. The SMILES string of the molecule is CC(=O)COC(=O)CN=C1NS(=O)(=O)c2ccccc21. The Bertz CT molecular complexity index is 694. The minimum absolute atomic E-state index is 0.0976. The molecule has 1 aromatic rings. The molecule has 2 rings (SSSR count). The van der Waals surface area contributed by atoms with E-state index in [1.807, 2.05) is 0 Å². The van der Waals surface area contributed by atoms with Gasteiger partial charge in [0.05, 0.1) is 4.90 Å². The zero-order chi connectivity index (χ0) is 14.8. The van der Waals surface area contributed by atoms with Gasteiger partial charge < -0.3 is 4.74 Å². The van der Waals surface area contributed by atoms with Gasteiger partial charge in [-0.3, -0.25) is 19.3 Å². The summed E-state index contributed by atoms with van der Waals surface area (Å²) < 4.78 is 30.4. The third-order valence-corrected chi connectivity index (χ3v) is 3.86. The molecule has 7 nitrogen and oxygen atoms in total. The Morgan fingerprint density at radius 2 is 2.00 bits per heavy atom. The third kappa shape index (κ3) is 3.02. The number of nitrogens with zero attached hydrogens (tertiary/aromatic N) is 1. The van der Waals surface area contributed by atoms with E-state index in [1.165, 1.54) is 13.0 Å². The molecule has 1 aliphatic rings. The average molecular weight is 296 g/mol. The van der Waals surface area contributed by atoms with E-state index in [0.717, 1.165) is 0 Å². The van der Waals surface area contributed by atoms with Crippen LogP contribution in [0.15, 0.2) is 34.2 Å². The van der Waals surface area contributed by atoms with Crippen molar-refractivity contribution >= 4 is 27.6 Å². The topological polar surface area (TPSA) is 102 Å². The van der Waals surface area contributed by atoms with Crippen molar-refractivity contribution in [2.24, 2.45) is 4.99 Å². The summed E-state index contributed by atoms with van der Waals surface area (Å²) in [7, 11) is -3.62. The first-order chi connectivity index (χ1) is 9.40. The van der Waals surface area contributed by atoms with Gasteiger partial charge in [-0.1, -0.05) is 12.1 Å². The molecule has 1 N–H and O–H groups in total. The molecule has 0 unspecified atom stereocenters. The second-order valence-corrected chi connectivity index (χ2v) is 5.78. The Morgan fingerprint density at radius 3 is 2.70 bits per heavy atom. The molecule has 0 atom stereocenters. The van der Waals surface area contributed by atoms with Crippen molar-refractivity contribution in [1.29, 1.82) is 0 Å². The number of ether oxygens (including phenoxy) is 1. The van der Waals surface area contributed by atoms with Crippen LogP contribution in [-0.4, -0.2) is 39.2 Å². The number of rotatable bonds is 4. The van der Waals surface area contributed by atoms with E-state index < -0.39 is 16.0 Å². The molecule has 1 aromatic carbocycles. The van der Waals surface area contributed by atoms with Crippen LogP contribution in [0.1, 0.15) is 12.5 Å². The van der Waals surface area contributed by atoms with E-state index in [2.05, 4.69) is 14.5 Å². The van der Waals surface area contributed by atoms with Crippen molar-refractivity contribution in [3.8, 4) is 0 Å². The van der Waals surface area contributed by atoms with Crippen LogP contribution < -0.4 is 4.72 Å². The maximum absolute atomic E-state index is 11.8. The molecule has 20 heavy (non-hydrogen) atoms. The normalized spacial score (nSPS) is 17.4. The highest BCUT2D eigenvalue weighted by Gasteiger charge is 2.30. The van der Waals surface area contributed by atoms with Gasteiger partial charge in [-0.15, -0.1) is 0 Å². The lowest BCUT2D eigenvalue weighted by Gasteiger charge is -2.01. The molecule has 8 heteroatoms. The average Bonchev–Trinajstić information content (AvgIpc) is 2.66. The molecular weight excluding hydrogens is 284 g/mol. The van der Waals surface area contributed by atoms with Gasteiger partial charge in [0.2, 0.25) is 0 Å². The Labute approximate surface area is 115 Å². The van der Waals surface area contributed by atoms with Gasteiger partial charge >= 0.3 is 5.97 Å². The summed E-state index contributed by atoms with van der Waals surface area (Å²) >= 11 is 0. The fraction of sp³-hybridized carbons (Fsp3) is 0.250. The molecule has 1 aliphatic heterocycles. The predicted octanol–water partition coefficient (Wildman–Crippen LogP) is -0.143. The minimum Gasteiger partial charge on any atom is -0.456 e. The van der Waals surface area contributed by atoms with E-state index in [-0.39, 0.29) is 29.7 Å². The zero-order valence-electron chi connectivity index (χ0n) is 10.6. The third-order valence-electron chi connectivity index (χ3n) is 2.47. The molecule has 0 bridgehead atoms. The number of hydrogen-bond acceptors (Lipinski definition) is 6. The van der Waals surface area contributed by atoms with E-state index >= 15 is 0 Å². The molecule has 0 saturated carbocycles. The lowest BCUT2D eigenvalue weighted by atomic mass is 10.2. The molecule has 0 fully saturated rings. The number of carbonyl (C=O) groups excluding carboxylic acids is 2. The highest BCUT2D eigenvalue weighted by molar-refractivity contribution is 7.90. The van der Waals surface area contributed by atoms with Crippen LogP contribution in [-0.2, 0) is 24.3 Å². The predicted molar refractivity (Wildman–Crippen MR) is 69.8 cm³/mol. The lowest BCUT2D eigenvalue weighted by molar-refractivity contribution is -0.145. The smallest absolute Gasteiger partial charge is 0.328 e. The van der Waals surface area contributed by atoms with E-state index in [0.29, 0.717) is 5.56 Å². The second kappa shape index (κ2) is 5.41. The van der Waals surface area contributed by atoms with Crippen molar-refractivity contribution in [1.82, 2.24) is 4.72 Å². The summed E-state index contributed by atoms with van der Waals surface area (Å²) in [6, 6.07) is 6.31. The summed E-state index contributed by atoms with van der Waals surface area (Å²) in [6.07, 6.45) is 0. The molecule has 0 spiro atoms. The fourth-order valence-electron chi connectivity index (χ4n) is 1.62. The molecular formula is C12H12N2O5S. The van der Waals surface area contributed by atoms with Crippen LogP contribution in [0.5, 0.6) is 0 Å². The summed E-state index contributed by atoms with van der Waals surface area (Å²) in [5.74, 6) is -0.880. The molecule has 0 radical (unpaired) electrons. The molecule has 1 heterocycles. The van der Waals surface area contributed by atoms with Crippen molar-refractivity contribution in [3.63, 3.8) is 0 Å². The number of hydrogen-bond donors (Lipinski definition) is 1. The van der Waals surface area contributed by atoms with Crippen molar-refractivity contribution in [2.75, 3.05) is 13.2 Å². The number of benzene rings is 1. The number of esters is 1. The van der Waals surface area contributed by atoms with Crippen molar-refractivity contribution < 1.29 is 22.7 Å². The summed E-state index contributed by atoms with van der Waals surface area (Å²) in [5.41, 5.74) is 0.409. The maximum atomic E-state index is 11.8. The largest absolute Gasteiger partial charge is 0.456 e. The first-order valence-electron chi connectivity index (χ1n) is 5.72. The number of amidine groups is 1. The number of Topliss-reactive ketones (excluding diaryl/α,β-unsaturated/α-hetero) is 1. The Hall–Kier alpha value is -2.22. The quantitative estimate of drug-likeness (QED) is 0.779. The first kappa shape index (κ1) is 14.2. The summed E-state index contributed by atoms with van der Waals surface area (Å²) in [4.78, 5) is 26.0. The van der Waals surface area contributed by atoms with Gasteiger partial charge in [0.15, 0.2) is 5.78 Å². The Balaban J connectivity index is 2.13. The lowest BCUT2D eigenvalue weighted by Crippen LogP contribution is -2.23. The highest BCUT2D eigenvalue weighted by Crippen LogP contribution is 2.21. The first-order valence-corrected chi connectivity index (χ1v) is 7.20. The van der Waals surface area contributed by atoms with E-state index in [9.17, 15) is 18.0 Å². The summed E-state index contributed by atoms with van der Waals surface area (Å²) in [5, 5.41) is 0. The molecule has 106 valence electrons. The Morgan fingerprint density at radius 1 is 1.30 bits per heavy atom. The molecule has 0 aliphatic carbocycles. The Kier molecular flexibility index (Phi) is 3.84. The van der Waals surface area contributed by atoms with Crippen LogP contribution in [0, 0.1) is 0 Å². The monoisotopic (exact) mass is 296 g/mol. The maximum Gasteiger partial charge on any atom is 0.328 e. The van der Waals surface area contributed by atoms with E-state index in [4.69, 9.17) is 0 Å². The standard InChI is InChI=1S/C12H12N2O5S/c1-8(15)7-19-11(16)6-13-12-9-4-2-3-5-10(9)20(17,18)14-12/h2-5H,6-7H2,1H3,(H,13,14). The number of carbonyl (C=O) groups is 2. The molecule has 0 aromatic heterocycles. The van der Waals surface area contributed by atoms with E-state index in [1.54, 1.807) is 18.2 Å². The van der Waals surface area contributed by atoms with Crippen LogP contribution >= 0.6 is 0 Å². The van der Waals surface area contributed by atoms with Crippen molar-refractivity contribution in [3.05, 3.63) is 29.8 Å². The number of nitrogens with one attached hydrogen (secondary N) is 1. The van der Waals surface area contributed by atoms with Crippen LogP contribution in [0.4, 0.5) is 0 Å². The minimum atomic E-state index is -3.62. The number of aliphatic imine (C=N–C) groups is 1. The van der Waals surface area contributed by atoms with Gasteiger partial charge in [0.25, 0.3) is 10.0 Å². The summed E-state index contributed by atoms with van der Waals surface area (Å²) in [6.45, 7) is 0.617.